The van der Waals surface area contributed by atoms with Crippen molar-refractivity contribution in [3.8, 4) is 11.1 Å². The first-order chi connectivity index (χ1) is 13.1. The fraction of sp³-hybridized carbons (Fsp3) is 0.286. The van der Waals surface area contributed by atoms with Gasteiger partial charge in [0.05, 0.1) is 18.2 Å². The second kappa shape index (κ2) is 7.56. The Kier molecular flexibility index (Phi) is 4.99. The van der Waals surface area contributed by atoms with Gasteiger partial charge < -0.3 is 4.90 Å². The third-order valence-corrected chi connectivity index (χ3v) is 5.92. The highest BCUT2D eigenvalue weighted by Gasteiger charge is 2.40. The van der Waals surface area contributed by atoms with Crippen LogP contribution in [0, 0.1) is 0 Å². The summed E-state index contributed by atoms with van der Waals surface area (Å²) < 4.78 is 0. The van der Waals surface area contributed by atoms with Crippen LogP contribution in [0.2, 0.25) is 0 Å². The van der Waals surface area contributed by atoms with Gasteiger partial charge >= 0.3 is 0 Å². The van der Waals surface area contributed by atoms with Gasteiger partial charge in [0, 0.05) is 13.1 Å². The third kappa shape index (κ3) is 3.76. The van der Waals surface area contributed by atoms with Crippen LogP contribution in [0.1, 0.15) is 12.0 Å². The summed E-state index contributed by atoms with van der Waals surface area (Å²) >= 11 is 1.05. The molecular weight excluding hydrogens is 360 g/mol. The molecule has 3 amide bonds. The van der Waals surface area contributed by atoms with Gasteiger partial charge in [-0.1, -0.05) is 66.4 Å². The van der Waals surface area contributed by atoms with Gasteiger partial charge in [0.1, 0.15) is 0 Å². The zero-order valence-corrected chi connectivity index (χ0v) is 15.7. The summed E-state index contributed by atoms with van der Waals surface area (Å²) in [5.41, 5.74) is 3.24. The number of nitrogens with zero attached hydrogens (tertiary/aromatic N) is 2. The van der Waals surface area contributed by atoms with Crippen molar-refractivity contribution in [3.05, 3.63) is 60.2 Å². The van der Waals surface area contributed by atoms with E-state index in [4.69, 9.17) is 0 Å². The summed E-state index contributed by atoms with van der Waals surface area (Å²) in [4.78, 5) is 39.5. The molecule has 5 nitrogen and oxygen atoms in total. The van der Waals surface area contributed by atoms with Crippen LogP contribution in [0.15, 0.2) is 54.6 Å². The van der Waals surface area contributed by atoms with Gasteiger partial charge in [-0.25, -0.2) is 0 Å². The largest absolute Gasteiger partial charge is 0.340 e. The van der Waals surface area contributed by atoms with E-state index < -0.39 is 0 Å². The molecule has 1 atom stereocenters. The van der Waals surface area contributed by atoms with Gasteiger partial charge in [-0.3, -0.25) is 19.3 Å². The first-order valence-corrected chi connectivity index (χ1v) is 10.0. The number of hydrogen-bond acceptors (Lipinski definition) is 4. The Balaban J connectivity index is 1.37. The smallest absolute Gasteiger partial charge is 0.289 e. The topological polar surface area (TPSA) is 57.7 Å². The standard InChI is InChI=1S/C21H20N2O3S/c24-19(22-11-10-18(13-22)23-20(25)14-27-21(23)26)12-15-6-8-17(9-7-15)16-4-2-1-3-5-16/h1-9,18H,10-14H2. The zero-order valence-electron chi connectivity index (χ0n) is 14.8. The van der Waals surface area contributed by atoms with Crippen molar-refractivity contribution in [1.82, 2.24) is 9.80 Å². The molecule has 2 aliphatic heterocycles. The Morgan fingerprint density at radius 3 is 2.37 bits per heavy atom. The lowest BCUT2D eigenvalue weighted by Gasteiger charge is -2.22. The SMILES string of the molecule is O=C(Cc1ccc(-c2ccccc2)cc1)N1CCC(N2C(=O)CSC2=O)C1. The van der Waals surface area contributed by atoms with Gasteiger partial charge in [0.25, 0.3) is 5.24 Å². The lowest BCUT2D eigenvalue weighted by atomic mass is 10.0. The van der Waals surface area contributed by atoms with E-state index in [-0.39, 0.29) is 28.8 Å². The molecule has 2 aromatic rings. The first kappa shape index (κ1) is 17.8. The van der Waals surface area contributed by atoms with Crippen LogP contribution in [0.25, 0.3) is 11.1 Å². The van der Waals surface area contributed by atoms with Crippen LogP contribution in [-0.2, 0) is 16.0 Å². The zero-order chi connectivity index (χ0) is 18.8. The van der Waals surface area contributed by atoms with E-state index >= 15 is 0 Å². The lowest BCUT2D eigenvalue weighted by molar-refractivity contribution is -0.131. The number of imide groups is 1. The Labute approximate surface area is 162 Å². The molecule has 0 radical (unpaired) electrons. The first-order valence-electron chi connectivity index (χ1n) is 9.03. The number of hydrogen-bond donors (Lipinski definition) is 0. The maximum absolute atomic E-state index is 12.6. The van der Waals surface area contributed by atoms with Crippen molar-refractivity contribution in [1.29, 1.82) is 0 Å². The Morgan fingerprint density at radius 2 is 1.70 bits per heavy atom. The predicted octanol–water partition coefficient (Wildman–Crippen LogP) is 3.19. The van der Waals surface area contributed by atoms with Crippen molar-refractivity contribution in [2.24, 2.45) is 0 Å². The average Bonchev–Trinajstić information content (AvgIpc) is 3.29. The molecule has 2 saturated heterocycles. The second-order valence-corrected chi connectivity index (χ2v) is 7.77. The van der Waals surface area contributed by atoms with Gasteiger partial charge in [0.2, 0.25) is 11.8 Å². The van der Waals surface area contributed by atoms with Crippen LogP contribution in [-0.4, -0.2) is 51.7 Å². The van der Waals surface area contributed by atoms with E-state index in [1.165, 1.54) is 4.90 Å². The van der Waals surface area contributed by atoms with Crippen molar-refractivity contribution in [2.45, 2.75) is 18.9 Å². The molecule has 0 saturated carbocycles. The molecule has 0 aliphatic carbocycles. The summed E-state index contributed by atoms with van der Waals surface area (Å²) in [7, 11) is 0. The minimum atomic E-state index is -0.184. The predicted molar refractivity (Wildman–Crippen MR) is 105 cm³/mol. The van der Waals surface area contributed by atoms with E-state index in [1.807, 2.05) is 42.5 Å². The summed E-state index contributed by atoms with van der Waals surface area (Å²) in [5.74, 6) is 0.120. The number of likely N-dealkylation sites (tertiary alicyclic amines) is 1. The van der Waals surface area contributed by atoms with E-state index in [9.17, 15) is 14.4 Å². The third-order valence-electron chi connectivity index (χ3n) is 5.08. The highest BCUT2D eigenvalue weighted by molar-refractivity contribution is 8.14. The second-order valence-electron chi connectivity index (χ2n) is 6.84. The number of carbonyl (C=O) groups is 3. The molecule has 1 unspecified atom stereocenters. The fourth-order valence-electron chi connectivity index (χ4n) is 3.63. The number of rotatable bonds is 4. The fourth-order valence-corrected chi connectivity index (χ4v) is 4.40. The molecular formula is C21H20N2O3S. The lowest BCUT2D eigenvalue weighted by Crippen LogP contribution is -2.41. The number of carbonyl (C=O) groups excluding carboxylic acids is 3. The molecule has 27 heavy (non-hydrogen) atoms. The van der Waals surface area contributed by atoms with Gasteiger partial charge in [-0.15, -0.1) is 0 Å². The van der Waals surface area contributed by atoms with Crippen molar-refractivity contribution >= 4 is 28.8 Å². The van der Waals surface area contributed by atoms with E-state index in [0.717, 1.165) is 28.5 Å². The number of benzene rings is 2. The van der Waals surface area contributed by atoms with Crippen LogP contribution in [0.3, 0.4) is 0 Å². The van der Waals surface area contributed by atoms with Crippen LogP contribution in [0.5, 0.6) is 0 Å². The summed E-state index contributed by atoms with van der Waals surface area (Å²) in [6.07, 6.45) is 0.995. The molecule has 2 aliphatic rings. The molecule has 2 aromatic carbocycles. The van der Waals surface area contributed by atoms with Crippen LogP contribution in [0.4, 0.5) is 4.79 Å². The van der Waals surface area contributed by atoms with E-state index in [1.54, 1.807) is 4.90 Å². The highest BCUT2D eigenvalue weighted by atomic mass is 32.2. The van der Waals surface area contributed by atoms with E-state index in [0.29, 0.717) is 25.9 Å². The van der Waals surface area contributed by atoms with Gasteiger partial charge in [-0.05, 0) is 23.1 Å². The maximum Gasteiger partial charge on any atom is 0.289 e. The van der Waals surface area contributed by atoms with Crippen LogP contribution < -0.4 is 0 Å². The molecule has 138 valence electrons. The van der Waals surface area contributed by atoms with Crippen molar-refractivity contribution in [3.63, 3.8) is 0 Å². The molecule has 6 heteroatoms. The van der Waals surface area contributed by atoms with Gasteiger partial charge in [-0.2, -0.15) is 0 Å². The summed E-state index contributed by atoms with van der Waals surface area (Å²) in [5, 5.41) is -0.184. The number of amides is 3. The molecule has 2 fully saturated rings. The van der Waals surface area contributed by atoms with Crippen LogP contribution >= 0.6 is 11.8 Å². The quantitative estimate of drug-likeness (QED) is 0.817. The monoisotopic (exact) mass is 380 g/mol. The molecule has 0 aromatic heterocycles. The summed E-state index contributed by atoms with van der Waals surface area (Å²) in [6, 6.07) is 18.0. The van der Waals surface area contributed by atoms with Crippen molar-refractivity contribution < 1.29 is 14.4 Å². The Hall–Kier alpha value is -2.60. The molecule has 2 heterocycles. The number of thioether (sulfide) groups is 1. The maximum atomic E-state index is 12.6. The van der Waals surface area contributed by atoms with Gasteiger partial charge in [0.15, 0.2) is 0 Å². The molecule has 4 rings (SSSR count). The summed E-state index contributed by atoms with van der Waals surface area (Å²) in [6.45, 7) is 1.03. The molecule has 0 spiro atoms. The Morgan fingerprint density at radius 1 is 1.00 bits per heavy atom. The van der Waals surface area contributed by atoms with E-state index in [2.05, 4.69) is 12.1 Å². The minimum absolute atomic E-state index is 0.0386. The normalized spacial score (nSPS) is 19.8. The highest BCUT2D eigenvalue weighted by Crippen LogP contribution is 2.26. The Bertz CT molecular complexity index is 851. The average molecular weight is 380 g/mol. The minimum Gasteiger partial charge on any atom is -0.340 e. The van der Waals surface area contributed by atoms with Crippen molar-refractivity contribution in [2.75, 3.05) is 18.8 Å². The molecule has 0 N–H and O–H groups in total. The molecule has 0 bridgehead atoms.